The molecule has 0 saturated carbocycles. The fraction of sp³-hybridized carbons (Fsp3) is 0.167. The lowest BCUT2D eigenvalue weighted by Gasteiger charge is -1.94. The highest BCUT2D eigenvalue weighted by atomic mass is 35.5. The number of carbonyl (C=O) groups is 1. The van der Waals surface area contributed by atoms with Crippen molar-refractivity contribution in [1.29, 1.82) is 0 Å². The van der Waals surface area contributed by atoms with Gasteiger partial charge in [-0.15, -0.1) is 11.6 Å². The molecule has 0 unspecified atom stereocenters. The van der Waals surface area contributed by atoms with Gasteiger partial charge in [-0.25, -0.2) is 0 Å². The molecule has 1 aromatic heterocycles. The van der Waals surface area contributed by atoms with E-state index in [1.165, 1.54) is 0 Å². The number of benzene rings is 2. The van der Waals surface area contributed by atoms with Gasteiger partial charge in [-0.05, 0) is 43.6 Å². The van der Waals surface area contributed by atoms with E-state index in [4.69, 9.17) is 27.7 Å². The average molecular weight is 363 g/mol. The first-order valence-electron chi connectivity index (χ1n) is 7.21. The number of hydrogen-bond acceptors (Lipinski definition) is 4. The maximum absolute atomic E-state index is 10.6. The van der Waals surface area contributed by atoms with Gasteiger partial charge in [0, 0.05) is 11.1 Å². The average Bonchev–Trinajstić information content (AvgIpc) is 3.04. The molecule has 0 radical (unpaired) electrons. The number of halogens is 2. The Bertz CT molecular complexity index is 831. The third kappa shape index (κ3) is 5.18. The van der Waals surface area contributed by atoms with Crippen LogP contribution in [0.1, 0.15) is 27.3 Å². The maximum Gasteiger partial charge on any atom is 0.257 e. The smallest absolute Gasteiger partial charge is 0.257 e. The van der Waals surface area contributed by atoms with E-state index in [-0.39, 0.29) is 5.88 Å². The Morgan fingerprint density at radius 3 is 2.25 bits per heavy atom. The second kappa shape index (κ2) is 8.62. The number of alkyl halides is 1. The Labute approximate surface area is 150 Å². The molecule has 3 rings (SSSR count). The van der Waals surface area contributed by atoms with E-state index < -0.39 is 5.24 Å². The molecule has 0 aliphatic rings. The lowest BCUT2D eigenvalue weighted by Crippen LogP contribution is -1.87. The number of aromatic nitrogens is 2. The van der Waals surface area contributed by atoms with Crippen molar-refractivity contribution in [3.8, 4) is 11.5 Å². The maximum atomic E-state index is 10.6. The third-order valence-corrected chi connectivity index (χ3v) is 3.55. The molecule has 2 aromatic carbocycles. The van der Waals surface area contributed by atoms with E-state index in [0.717, 1.165) is 16.7 Å². The molecule has 24 heavy (non-hydrogen) atoms. The standard InChI is InChI=1S/C10H9ClN2O.C8H7ClO/c1-7-3-2-4-8(5-7)10-12-9(6-11)13-14-10;1-6-3-2-4-7(5-6)8(9)10/h2-5H,6H2,1H3;2-5H,1H3. The first-order chi connectivity index (χ1) is 11.5. The van der Waals surface area contributed by atoms with Gasteiger partial charge < -0.3 is 4.52 Å². The van der Waals surface area contributed by atoms with Gasteiger partial charge in [0.2, 0.25) is 0 Å². The second-order valence-corrected chi connectivity index (χ2v) is 5.77. The van der Waals surface area contributed by atoms with Crippen LogP contribution in [-0.4, -0.2) is 15.4 Å². The molecule has 124 valence electrons. The van der Waals surface area contributed by atoms with Crippen LogP contribution in [0, 0.1) is 13.8 Å². The Balaban J connectivity index is 0.000000185. The molecule has 0 bridgehead atoms. The lowest BCUT2D eigenvalue weighted by molar-refractivity contribution is 0.108. The summed E-state index contributed by atoms with van der Waals surface area (Å²) in [5.41, 5.74) is 3.69. The predicted octanol–water partition coefficient (Wildman–Crippen LogP) is 5.16. The van der Waals surface area contributed by atoms with E-state index in [2.05, 4.69) is 10.1 Å². The van der Waals surface area contributed by atoms with Crippen molar-refractivity contribution in [3.05, 3.63) is 71.0 Å². The molecule has 0 atom stereocenters. The van der Waals surface area contributed by atoms with E-state index in [9.17, 15) is 4.79 Å². The highest BCUT2D eigenvalue weighted by Crippen LogP contribution is 2.18. The van der Waals surface area contributed by atoms with Gasteiger partial charge in [0.15, 0.2) is 5.82 Å². The summed E-state index contributed by atoms with van der Waals surface area (Å²) in [6.45, 7) is 3.94. The quantitative estimate of drug-likeness (QED) is 0.477. The van der Waals surface area contributed by atoms with Crippen LogP contribution in [0.3, 0.4) is 0 Å². The van der Waals surface area contributed by atoms with Crippen LogP contribution in [0.2, 0.25) is 0 Å². The van der Waals surface area contributed by atoms with Crippen LogP contribution in [0.5, 0.6) is 0 Å². The Kier molecular flexibility index (Phi) is 6.53. The van der Waals surface area contributed by atoms with Crippen LogP contribution in [0.15, 0.2) is 53.1 Å². The van der Waals surface area contributed by atoms with Crippen molar-refractivity contribution < 1.29 is 9.32 Å². The molecule has 0 aliphatic carbocycles. The van der Waals surface area contributed by atoms with Crippen molar-refractivity contribution in [2.24, 2.45) is 0 Å². The largest absolute Gasteiger partial charge is 0.334 e. The SMILES string of the molecule is Cc1cccc(-c2nc(CCl)no2)c1.Cc1cccc(C(=O)Cl)c1. The highest BCUT2D eigenvalue weighted by Gasteiger charge is 2.07. The van der Waals surface area contributed by atoms with Crippen molar-refractivity contribution in [2.75, 3.05) is 0 Å². The van der Waals surface area contributed by atoms with Gasteiger partial charge in [-0.3, -0.25) is 4.79 Å². The summed E-state index contributed by atoms with van der Waals surface area (Å²) >= 11 is 10.8. The van der Waals surface area contributed by atoms with Crippen molar-refractivity contribution in [3.63, 3.8) is 0 Å². The van der Waals surface area contributed by atoms with Gasteiger partial charge >= 0.3 is 0 Å². The number of rotatable bonds is 3. The lowest BCUT2D eigenvalue weighted by atomic mass is 10.1. The van der Waals surface area contributed by atoms with Crippen LogP contribution in [0.25, 0.3) is 11.5 Å². The Hall–Kier alpha value is -2.17. The summed E-state index contributed by atoms with van der Waals surface area (Å²) in [6, 6.07) is 15.1. The third-order valence-electron chi connectivity index (χ3n) is 3.10. The van der Waals surface area contributed by atoms with Crippen molar-refractivity contribution in [2.45, 2.75) is 19.7 Å². The molecule has 4 nitrogen and oxygen atoms in total. The molecule has 0 amide bonds. The number of aryl methyl sites for hydroxylation is 2. The van der Waals surface area contributed by atoms with Crippen LogP contribution < -0.4 is 0 Å². The monoisotopic (exact) mass is 362 g/mol. The number of nitrogens with zero attached hydrogens (tertiary/aromatic N) is 2. The summed E-state index contributed by atoms with van der Waals surface area (Å²) in [5, 5.41) is 3.32. The molecule has 6 heteroatoms. The molecule has 0 saturated heterocycles. The zero-order chi connectivity index (χ0) is 17.5. The minimum Gasteiger partial charge on any atom is -0.334 e. The molecule has 1 heterocycles. The molecule has 0 N–H and O–H groups in total. The van der Waals surface area contributed by atoms with E-state index >= 15 is 0 Å². The fourth-order valence-corrected chi connectivity index (χ4v) is 2.20. The van der Waals surface area contributed by atoms with Gasteiger partial charge in [0.1, 0.15) is 0 Å². The van der Waals surface area contributed by atoms with Crippen molar-refractivity contribution in [1.82, 2.24) is 10.1 Å². The predicted molar refractivity (Wildman–Crippen MR) is 95.4 cm³/mol. The second-order valence-electron chi connectivity index (χ2n) is 5.16. The normalized spacial score (nSPS) is 10.0. The minimum absolute atomic E-state index is 0.273. The molecule has 0 fully saturated rings. The van der Waals surface area contributed by atoms with Crippen LogP contribution >= 0.6 is 23.2 Å². The first-order valence-corrected chi connectivity index (χ1v) is 8.13. The van der Waals surface area contributed by atoms with Crippen molar-refractivity contribution >= 4 is 28.4 Å². The van der Waals surface area contributed by atoms with E-state index in [0.29, 0.717) is 17.3 Å². The number of hydrogen-bond donors (Lipinski definition) is 0. The zero-order valence-corrected chi connectivity index (χ0v) is 14.8. The summed E-state index contributed by atoms with van der Waals surface area (Å²) in [7, 11) is 0. The Morgan fingerprint density at radius 1 is 1.08 bits per heavy atom. The summed E-state index contributed by atoms with van der Waals surface area (Å²) in [4.78, 5) is 14.7. The Morgan fingerprint density at radius 2 is 1.75 bits per heavy atom. The molecule has 0 aliphatic heterocycles. The molecule has 3 aromatic rings. The van der Waals surface area contributed by atoms with Gasteiger partial charge in [-0.1, -0.05) is 46.6 Å². The van der Waals surface area contributed by atoms with Crippen LogP contribution in [-0.2, 0) is 5.88 Å². The highest BCUT2D eigenvalue weighted by molar-refractivity contribution is 6.67. The van der Waals surface area contributed by atoms with Gasteiger partial charge in [-0.2, -0.15) is 4.98 Å². The van der Waals surface area contributed by atoms with Crippen LogP contribution in [0.4, 0.5) is 0 Å². The molecule has 0 spiro atoms. The number of carbonyl (C=O) groups excluding carboxylic acids is 1. The first kappa shape index (κ1) is 18.2. The summed E-state index contributed by atoms with van der Waals surface area (Å²) in [5.74, 6) is 1.31. The summed E-state index contributed by atoms with van der Waals surface area (Å²) in [6.07, 6.45) is 0. The molecular weight excluding hydrogens is 347 g/mol. The topological polar surface area (TPSA) is 56.0 Å². The van der Waals surface area contributed by atoms with E-state index in [1.807, 2.05) is 50.2 Å². The summed E-state index contributed by atoms with van der Waals surface area (Å²) < 4.78 is 5.05. The fourth-order valence-electron chi connectivity index (χ4n) is 1.97. The van der Waals surface area contributed by atoms with Gasteiger partial charge in [0.25, 0.3) is 11.1 Å². The zero-order valence-electron chi connectivity index (χ0n) is 13.3. The van der Waals surface area contributed by atoms with E-state index in [1.54, 1.807) is 12.1 Å². The molecular formula is C18H16Cl2N2O2. The van der Waals surface area contributed by atoms with Gasteiger partial charge in [0.05, 0.1) is 5.88 Å². The minimum atomic E-state index is -0.399.